The second-order valence-corrected chi connectivity index (χ2v) is 9.16. The van der Waals surface area contributed by atoms with E-state index in [1.54, 1.807) is 0 Å². The molecule has 0 saturated carbocycles. The molecule has 0 atom stereocenters. The summed E-state index contributed by atoms with van der Waals surface area (Å²) in [4.78, 5) is 21.8. The van der Waals surface area contributed by atoms with Gasteiger partial charge in [-0.3, -0.25) is 9.35 Å². The Morgan fingerprint density at radius 3 is 2.21 bits per heavy atom. The predicted octanol–water partition coefficient (Wildman–Crippen LogP) is -1.02. The van der Waals surface area contributed by atoms with E-state index in [-0.39, 0.29) is 51.5 Å². The SMILES string of the molecule is O=C=COc1cc(OCC(=O)c2ccc3cc(S(=O)(=O)O)ccc3c2)cc(S(=O)(=O)[O-])c1.[Na+]. The van der Waals surface area contributed by atoms with Crippen LogP contribution in [0.2, 0.25) is 0 Å². The van der Waals surface area contributed by atoms with E-state index < -0.39 is 37.5 Å². The van der Waals surface area contributed by atoms with Crippen molar-refractivity contribution in [2.45, 2.75) is 9.79 Å². The van der Waals surface area contributed by atoms with Gasteiger partial charge in [0, 0.05) is 11.6 Å². The first-order valence-corrected chi connectivity index (χ1v) is 11.5. The topological polar surface area (TPSA) is 164 Å². The summed E-state index contributed by atoms with van der Waals surface area (Å²) in [6, 6.07) is 11.2. The third-order valence-corrected chi connectivity index (χ3v) is 5.85. The van der Waals surface area contributed by atoms with E-state index in [2.05, 4.69) is 0 Å². The van der Waals surface area contributed by atoms with Crippen molar-refractivity contribution < 1.29 is 74.6 Å². The van der Waals surface area contributed by atoms with Gasteiger partial charge >= 0.3 is 29.6 Å². The fraction of sp³-hybridized carbons (Fsp3) is 0.0500. The van der Waals surface area contributed by atoms with Gasteiger partial charge in [-0.2, -0.15) is 8.42 Å². The van der Waals surface area contributed by atoms with Gasteiger partial charge in [0.25, 0.3) is 10.1 Å². The summed E-state index contributed by atoms with van der Waals surface area (Å²) >= 11 is 0. The average Bonchev–Trinajstić information content (AvgIpc) is 2.74. The Kier molecular flexibility index (Phi) is 8.57. The molecule has 0 aliphatic rings. The van der Waals surface area contributed by atoms with Gasteiger partial charge in [0.15, 0.2) is 24.6 Å². The van der Waals surface area contributed by atoms with Gasteiger partial charge in [0.05, 0.1) is 9.79 Å². The van der Waals surface area contributed by atoms with Crippen molar-refractivity contribution in [1.82, 2.24) is 0 Å². The van der Waals surface area contributed by atoms with Crippen LogP contribution in [0.1, 0.15) is 10.4 Å². The predicted molar refractivity (Wildman–Crippen MR) is 109 cm³/mol. The summed E-state index contributed by atoms with van der Waals surface area (Å²) in [5, 5.41) is 0.995. The van der Waals surface area contributed by atoms with Crippen molar-refractivity contribution in [2.24, 2.45) is 0 Å². The number of rotatable bonds is 8. The molecule has 0 aromatic heterocycles. The van der Waals surface area contributed by atoms with Gasteiger partial charge in [-0.05, 0) is 41.1 Å². The molecule has 10 nitrogen and oxygen atoms in total. The number of ether oxygens (including phenoxy) is 2. The minimum Gasteiger partial charge on any atom is -0.744 e. The minimum atomic E-state index is -4.87. The molecule has 166 valence electrons. The van der Waals surface area contributed by atoms with Crippen LogP contribution in [-0.4, -0.2) is 44.3 Å². The van der Waals surface area contributed by atoms with Crippen LogP contribution in [-0.2, 0) is 25.0 Å². The van der Waals surface area contributed by atoms with E-state index in [9.17, 15) is 31.0 Å². The van der Waals surface area contributed by atoms with E-state index in [4.69, 9.17) is 14.0 Å². The molecule has 1 N–H and O–H groups in total. The molecular formula is C20H13NaO10S2. The molecule has 33 heavy (non-hydrogen) atoms. The van der Waals surface area contributed by atoms with Crippen molar-refractivity contribution in [3.63, 3.8) is 0 Å². The van der Waals surface area contributed by atoms with Crippen LogP contribution in [0.25, 0.3) is 10.8 Å². The normalized spacial score (nSPS) is 11.2. The van der Waals surface area contributed by atoms with E-state index in [1.807, 2.05) is 0 Å². The van der Waals surface area contributed by atoms with E-state index in [1.165, 1.54) is 48.4 Å². The zero-order valence-corrected chi connectivity index (χ0v) is 20.6. The summed E-state index contributed by atoms with van der Waals surface area (Å²) in [5.74, 6) is 0.471. The fourth-order valence-electron chi connectivity index (χ4n) is 2.72. The number of carbonyl (C=O) groups excluding carboxylic acids is 2. The zero-order chi connectivity index (χ0) is 23.5. The van der Waals surface area contributed by atoms with Crippen LogP contribution in [0.5, 0.6) is 11.5 Å². The molecule has 0 amide bonds. The van der Waals surface area contributed by atoms with Crippen molar-refractivity contribution in [1.29, 1.82) is 0 Å². The van der Waals surface area contributed by atoms with Gasteiger partial charge in [0.2, 0.25) is 0 Å². The van der Waals surface area contributed by atoms with Crippen molar-refractivity contribution in [3.8, 4) is 11.5 Å². The molecule has 0 fully saturated rings. The number of ketones is 1. The first-order valence-electron chi connectivity index (χ1n) is 8.62. The molecule has 0 spiro atoms. The van der Waals surface area contributed by atoms with Crippen LogP contribution in [0.15, 0.2) is 70.7 Å². The Bertz CT molecular complexity index is 1470. The smallest absolute Gasteiger partial charge is 0.744 e. The number of carbonyl (C=O) groups is 1. The van der Waals surface area contributed by atoms with Gasteiger partial charge in [-0.1, -0.05) is 18.2 Å². The summed E-state index contributed by atoms with van der Waals surface area (Å²) in [6.07, 6.45) is 0.605. The Morgan fingerprint density at radius 1 is 0.939 bits per heavy atom. The van der Waals surface area contributed by atoms with Gasteiger partial charge < -0.3 is 14.0 Å². The molecule has 3 aromatic carbocycles. The summed E-state index contributed by atoms with van der Waals surface area (Å²) < 4.78 is 75.6. The van der Waals surface area contributed by atoms with E-state index >= 15 is 0 Å². The molecule has 0 saturated heterocycles. The molecule has 0 aliphatic heterocycles. The Balaban J connectivity index is 0.00000385. The van der Waals surface area contributed by atoms with Crippen molar-refractivity contribution in [3.05, 3.63) is 66.4 Å². The third kappa shape index (κ3) is 6.97. The second kappa shape index (κ2) is 10.6. The molecule has 0 aliphatic carbocycles. The number of hydrogen-bond donors (Lipinski definition) is 1. The zero-order valence-electron chi connectivity index (χ0n) is 16.9. The van der Waals surface area contributed by atoms with E-state index in [0.29, 0.717) is 17.0 Å². The summed E-state index contributed by atoms with van der Waals surface area (Å²) in [6.45, 7) is -0.528. The van der Waals surface area contributed by atoms with Crippen LogP contribution in [0, 0.1) is 0 Å². The number of Topliss-reactive ketones (excluding diaryl/α,β-unsaturated/α-hetero) is 1. The van der Waals surface area contributed by atoms with Crippen LogP contribution in [0.3, 0.4) is 0 Å². The van der Waals surface area contributed by atoms with E-state index in [0.717, 1.165) is 12.1 Å². The average molecular weight is 500 g/mol. The molecule has 0 unspecified atom stereocenters. The summed E-state index contributed by atoms with van der Waals surface area (Å²) in [5.41, 5.74) is 0.213. The Hall–Kier alpha value is -2.54. The maximum absolute atomic E-state index is 12.5. The number of benzene rings is 3. The maximum Gasteiger partial charge on any atom is 1.00 e. The largest absolute Gasteiger partial charge is 1.00 e. The molecule has 3 rings (SSSR count). The quantitative estimate of drug-likeness (QED) is 0.133. The first kappa shape index (κ1) is 26.7. The third-order valence-electron chi connectivity index (χ3n) is 4.19. The first-order chi connectivity index (χ1) is 15.0. The van der Waals surface area contributed by atoms with Crippen molar-refractivity contribution in [2.75, 3.05) is 6.61 Å². The molecule has 0 bridgehead atoms. The Labute approximate surface area is 210 Å². The van der Waals surface area contributed by atoms with Crippen LogP contribution in [0.4, 0.5) is 0 Å². The minimum absolute atomic E-state index is 0. The molecule has 0 heterocycles. The molecule has 3 aromatic rings. The van der Waals surface area contributed by atoms with Gasteiger partial charge in [-0.15, -0.1) is 0 Å². The fourth-order valence-corrected chi connectivity index (χ4v) is 3.76. The maximum atomic E-state index is 12.5. The van der Waals surface area contributed by atoms with Crippen LogP contribution >= 0.6 is 0 Å². The molecule has 13 heteroatoms. The number of fused-ring (bicyclic) bond motifs is 1. The van der Waals surface area contributed by atoms with Crippen molar-refractivity contribution >= 4 is 42.7 Å². The molecular weight excluding hydrogens is 487 g/mol. The summed E-state index contributed by atoms with van der Waals surface area (Å²) in [7, 11) is -9.24. The van der Waals surface area contributed by atoms with Gasteiger partial charge in [0.1, 0.15) is 21.6 Å². The second-order valence-electron chi connectivity index (χ2n) is 6.36. The Morgan fingerprint density at radius 2 is 1.58 bits per heavy atom. The van der Waals surface area contributed by atoms with Gasteiger partial charge in [-0.25, -0.2) is 13.2 Å². The number of hydrogen-bond acceptors (Lipinski definition) is 9. The van der Waals surface area contributed by atoms with Crippen LogP contribution < -0.4 is 39.0 Å². The monoisotopic (exact) mass is 500 g/mol. The standard InChI is InChI=1S/C20H14O10S2.Na/c21-5-6-29-16-9-17(11-19(10-16)32(26,27)28)30-12-20(22)15-2-1-14-8-18(31(23,24)25)4-3-13(14)7-15;/h1-4,6-11H,12H2,(H,23,24,25)(H,26,27,28);/q;+1/p-1. The molecule has 0 radical (unpaired) electrons.